The van der Waals surface area contributed by atoms with E-state index in [4.69, 9.17) is 4.74 Å². The minimum Gasteiger partial charge on any atom is -0.497 e. The topological polar surface area (TPSA) is 83.5 Å². The molecular formula is C17H15N7O. The molecule has 0 unspecified atom stereocenters. The van der Waals surface area contributed by atoms with Crippen LogP contribution in [0.1, 0.15) is 5.82 Å². The Bertz CT molecular complexity index is 990. The Balaban J connectivity index is 1.75. The van der Waals surface area contributed by atoms with Crippen LogP contribution in [-0.2, 0) is 0 Å². The Kier molecular flexibility index (Phi) is 3.70. The third-order valence-corrected chi connectivity index (χ3v) is 3.66. The van der Waals surface area contributed by atoms with Gasteiger partial charge in [-0.1, -0.05) is 5.21 Å². The largest absolute Gasteiger partial charge is 0.497 e. The van der Waals surface area contributed by atoms with Crippen LogP contribution in [0.3, 0.4) is 0 Å². The van der Waals surface area contributed by atoms with Crippen molar-refractivity contribution in [3.8, 4) is 28.6 Å². The van der Waals surface area contributed by atoms with E-state index in [-0.39, 0.29) is 0 Å². The smallest absolute Gasteiger partial charge is 0.185 e. The summed E-state index contributed by atoms with van der Waals surface area (Å²) in [5.74, 6) is 2.06. The summed E-state index contributed by atoms with van der Waals surface area (Å²) in [7, 11) is 1.64. The molecule has 0 atom stereocenters. The molecule has 8 heteroatoms. The summed E-state index contributed by atoms with van der Waals surface area (Å²) < 4.78 is 8.60. The summed E-state index contributed by atoms with van der Waals surface area (Å²) in [5, 5.41) is 12.9. The standard InChI is InChI=1S/C17H15N7O/c1-12-19-17(24(21-12)13-5-7-15(25-2)8-6-13)16-11-23(22-20-16)14-4-3-9-18-10-14/h3-11H,1-2H3. The van der Waals surface area contributed by atoms with Gasteiger partial charge in [0, 0.05) is 6.20 Å². The molecule has 0 saturated carbocycles. The van der Waals surface area contributed by atoms with Gasteiger partial charge in [-0.15, -0.1) is 5.10 Å². The Hall–Kier alpha value is -3.55. The summed E-state index contributed by atoms with van der Waals surface area (Å²) >= 11 is 0. The summed E-state index contributed by atoms with van der Waals surface area (Å²) in [5.41, 5.74) is 2.32. The molecule has 0 N–H and O–H groups in total. The predicted molar refractivity (Wildman–Crippen MR) is 90.8 cm³/mol. The number of aryl methyl sites for hydroxylation is 1. The van der Waals surface area contributed by atoms with E-state index in [1.54, 1.807) is 35.1 Å². The maximum atomic E-state index is 5.20. The minimum absolute atomic E-state index is 0.623. The molecule has 0 radical (unpaired) electrons. The number of nitrogens with zero attached hydrogens (tertiary/aromatic N) is 7. The zero-order chi connectivity index (χ0) is 17.2. The number of aromatic nitrogens is 7. The predicted octanol–water partition coefficient (Wildman–Crippen LogP) is 2.23. The molecule has 0 aliphatic heterocycles. The van der Waals surface area contributed by atoms with Crippen LogP contribution in [-0.4, -0.2) is 41.9 Å². The molecule has 124 valence electrons. The van der Waals surface area contributed by atoms with Crippen molar-refractivity contribution < 1.29 is 4.74 Å². The van der Waals surface area contributed by atoms with Crippen molar-refractivity contribution in [3.63, 3.8) is 0 Å². The van der Waals surface area contributed by atoms with Crippen LogP contribution >= 0.6 is 0 Å². The second-order valence-corrected chi connectivity index (χ2v) is 5.35. The first-order chi connectivity index (χ1) is 12.2. The monoisotopic (exact) mass is 333 g/mol. The molecule has 3 aromatic heterocycles. The van der Waals surface area contributed by atoms with Gasteiger partial charge in [0.25, 0.3) is 0 Å². The average Bonchev–Trinajstić information content (AvgIpc) is 3.29. The summed E-state index contributed by atoms with van der Waals surface area (Å²) in [6, 6.07) is 11.3. The van der Waals surface area contributed by atoms with Gasteiger partial charge in [-0.2, -0.15) is 5.10 Å². The SMILES string of the molecule is COc1ccc(-n2nc(C)nc2-c2cn(-c3cccnc3)nn2)cc1. The molecule has 0 amide bonds. The van der Waals surface area contributed by atoms with Crippen molar-refractivity contribution in [1.29, 1.82) is 0 Å². The Morgan fingerprint density at radius 3 is 2.60 bits per heavy atom. The lowest BCUT2D eigenvalue weighted by molar-refractivity contribution is 0.414. The molecule has 0 spiro atoms. The van der Waals surface area contributed by atoms with E-state index in [0.717, 1.165) is 17.1 Å². The number of methoxy groups -OCH3 is 1. The first-order valence-corrected chi connectivity index (χ1v) is 7.66. The number of rotatable bonds is 4. The fourth-order valence-corrected chi connectivity index (χ4v) is 2.47. The molecule has 4 aromatic rings. The van der Waals surface area contributed by atoms with Gasteiger partial charge in [-0.25, -0.2) is 14.3 Å². The van der Waals surface area contributed by atoms with Crippen LogP contribution < -0.4 is 4.74 Å². The number of pyridine rings is 1. The van der Waals surface area contributed by atoms with E-state index in [1.807, 2.05) is 43.3 Å². The van der Waals surface area contributed by atoms with Crippen LogP contribution in [0, 0.1) is 6.92 Å². The fraction of sp³-hybridized carbons (Fsp3) is 0.118. The lowest BCUT2D eigenvalue weighted by Crippen LogP contribution is -2.00. The quantitative estimate of drug-likeness (QED) is 0.569. The van der Waals surface area contributed by atoms with Crippen molar-refractivity contribution in [2.75, 3.05) is 7.11 Å². The third kappa shape index (κ3) is 2.85. The van der Waals surface area contributed by atoms with Gasteiger partial charge in [0.05, 0.1) is 30.9 Å². The van der Waals surface area contributed by atoms with Gasteiger partial charge >= 0.3 is 0 Å². The van der Waals surface area contributed by atoms with Crippen LogP contribution in [0.5, 0.6) is 5.75 Å². The molecule has 1 aromatic carbocycles. The van der Waals surface area contributed by atoms with Crippen LogP contribution in [0.2, 0.25) is 0 Å². The first kappa shape index (κ1) is 15.0. The molecule has 0 fully saturated rings. The Morgan fingerprint density at radius 2 is 1.88 bits per heavy atom. The van der Waals surface area contributed by atoms with E-state index in [2.05, 4.69) is 25.4 Å². The lowest BCUT2D eigenvalue weighted by Gasteiger charge is -2.05. The zero-order valence-corrected chi connectivity index (χ0v) is 13.7. The highest BCUT2D eigenvalue weighted by Gasteiger charge is 2.15. The van der Waals surface area contributed by atoms with E-state index >= 15 is 0 Å². The molecule has 3 heterocycles. The Morgan fingerprint density at radius 1 is 1.04 bits per heavy atom. The highest BCUT2D eigenvalue weighted by molar-refractivity contribution is 5.53. The van der Waals surface area contributed by atoms with Gasteiger partial charge in [-0.3, -0.25) is 4.98 Å². The second kappa shape index (κ2) is 6.16. The maximum absolute atomic E-state index is 5.20. The maximum Gasteiger partial charge on any atom is 0.185 e. The second-order valence-electron chi connectivity index (χ2n) is 5.35. The third-order valence-electron chi connectivity index (χ3n) is 3.66. The van der Waals surface area contributed by atoms with Crippen molar-refractivity contribution in [1.82, 2.24) is 34.7 Å². The van der Waals surface area contributed by atoms with E-state index in [9.17, 15) is 0 Å². The number of ether oxygens (including phenoxy) is 1. The van der Waals surface area contributed by atoms with Crippen LogP contribution in [0.4, 0.5) is 0 Å². The molecule has 25 heavy (non-hydrogen) atoms. The first-order valence-electron chi connectivity index (χ1n) is 7.66. The van der Waals surface area contributed by atoms with E-state index in [1.165, 1.54) is 0 Å². The summed E-state index contributed by atoms with van der Waals surface area (Å²) in [6.45, 7) is 1.84. The van der Waals surface area contributed by atoms with Gasteiger partial charge in [0.1, 0.15) is 11.6 Å². The summed E-state index contributed by atoms with van der Waals surface area (Å²) in [4.78, 5) is 8.59. The molecular weight excluding hydrogens is 318 g/mol. The van der Waals surface area contributed by atoms with Crippen LogP contribution in [0.25, 0.3) is 22.9 Å². The van der Waals surface area contributed by atoms with Crippen molar-refractivity contribution in [3.05, 3.63) is 60.8 Å². The molecule has 4 rings (SSSR count). The van der Waals surface area contributed by atoms with Crippen molar-refractivity contribution in [2.45, 2.75) is 6.92 Å². The lowest BCUT2D eigenvalue weighted by atomic mass is 10.3. The minimum atomic E-state index is 0.623. The van der Waals surface area contributed by atoms with Crippen molar-refractivity contribution >= 4 is 0 Å². The normalized spacial score (nSPS) is 10.8. The molecule has 0 bridgehead atoms. The number of hydrogen-bond donors (Lipinski definition) is 0. The van der Waals surface area contributed by atoms with Crippen molar-refractivity contribution in [2.24, 2.45) is 0 Å². The van der Waals surface area contributed by atoms with E-state index in [0.29, 0.717) is 17.3 Å². The number of hydrogen-bond acceptors (Lipinski definition) is 6. The summed E-state index contributed by atoms with van der Waals surface area (Å²) in [6.07, 6.45) is 5.24. The van der Waals surface area contributed by atoms with Gasteiger partial charge in [0.15, 0.2) is 11.5 Å². The highest BCUT2D eigenvalue weighted by Crippen LogP contribution is 2.21. The fourth-order valence-electron chi connectivity index (χ4n) is 2.47. The molecule has 0 aliphatic carbocycles. The van der Waals surface area contributed by atoms with E-state index < -0.39 is 0 Å². The molecule has 8 nitrogen and oxygen atoms in total. The van der Waals surface area contributed by atoms with Gasteiger partial charge in [-0.05, 0) is 43.3 Å². The van der Waals surface area contributed by atoms with Crippen LogP contribution in [0.15, 0.2) is 55.0 Å². The van der Waals surface area contributed by atoms with Gasteiger partial charge < -0.3 is 4.74 Å². The highest BCUT2D eigenvalue weighted by atomic mass is 16.5. The number of benzene rings is 1. The molecule has 0 aliphatic rings. The zero-order valence-electron chi connectivity index (χ0n) is 13.7. The Labute approximate surface area is 143 Å². The van der Waals surface area contributed by atoms with Gasteiger partial charge in [0.2, 0.25) is 0 Å². The molecule has 0 saturated heterocycles. The average molecular weight is 333 g/mol.